The van der Waals surface area contributed by atoms with Crippen molar-refractivity contribution < 1.29 is 9.90 Å². The molecule has 0 aliphatic heterocycles. The number of hydrogen-bond acceptors (Lipinski definition) is 2. The maximum Gasteiger partial charge on any atom is 0.303 e. The SMILES string of the molecule is CCC(CC(=O)O)c1cccc(C#N)c1. The molecule has 0 radical (unpaired) electrons. The monoisotopic (exact) mass is 203 g/mol. The molecule has 1 atom stereocenters. The van der Waals surface area contributed by atoms with Gasteiger partial charge in [-0.2, -0.15) is 5.26 Å². The highest BCUT2D eigenvalue weighted by Gasteiger charge is 2.13. The van der Waals surface area contributed by atoms with E-state index in [0.29, 0.717) is 5.56 Å². The molecule has 0 spiro atoms. The van der Waals surface area contributed by atoms with Gasteiger partial charge in [0.25, 0.3) is 0 Å². The molecule has 0 aliphatic carbocycles. The van der Waals surface area contributed by atoms with Crippen LogP contribution in [0.4, 0.5) is 0 Å². The van der Waals surface area contributed by atoms with E-state index >= 15 is 0 Å². The van der Waals surface area contributed by atoms with Crippen LogP contribution in [0.15, 0.2) is 24.3 Å². The van der Waals surface area contributed by atoms with Crippen LogP contribution in [0.5, 0.6) is 0 Å². The lowest BCUT2D eigenvalue weighted by atomic mass is 9.92. The lowest BCUT2D eigenvalue weighted by Gasteiger charge is -2.12. The lowest BCUT2D eigenvalue weighted by Crippen LogP contribution is -2.05. The summed E-state index contributed by atoms with van der Waals surface area (Å²) in [4.78, 5) is 10.6. The molecule has 3 nitrogen and oxygen atoms in total. The molecule has 1 aromatic rings. The molecule has 1 N–H and O–H groups in total. The molecule has 0 saturated carbocycles. The third-order valence-electron chi connectivity index (χ3n) is 2.40. The summed E-state index contributed by atoms with van der Waals surface area (Å²) in [7, 11) is 0. The van der Waals surface area contributed by atoms with Crippen LogP contribution in [0.2, 0.25) is 0 Å². The van der Waals surface area contributed by atoms with Gasteiger partial charge in [0, 0.05) is 0 Å². The molecule has 0 fully saturated rings. The third kappa shape index (κ3) is 3.10. The molecule has 78 valence electrons. The third-order valence-corrected chi connectivity index (χ3v) is 2.40. The second kappa shape index (κ2) is 5.16. The minimum atomic E-state index is -0.802. The van der Waals surface area contributed by atoms with Crippen molar-refractivity contribution in [3.05, 3.63) is 35.4 Å². The predicted octanol–water partition coefficient (Wildman–Crippen LogP) is 2.53. The summed E-state index contributed by atoms with van der Waals surface area (Å²) in [6.07, 6.45) is 0.882. The molecule has 0 aliphatic rings. The highest BCUT2D eigenvalue weighted by molar-refractivity contribution is 5.68. The highest BCUT2D eigenvalue weighted by atomic mass is 16.4. The average molecular weight is 203 g/mol. The number of carboxylic acids is 1. The van der Waals surface area contributed by atoms with E-state index in [1.165, 1.54) is 0 Å². The Labute approximate surface area is 89.0 Å². The van der Waals surface area contributed by atoms with Crippen molar-refractivity contribution >= 4 is 5.97 Å². The van der Waals surface area contributed by atoms with Crippen molar-refractivity contribution in [2.45, 2.75) is 25.7 Å². The van der Waals surface area contributed by atoms with Gasteiger partial charge in [-0.15, -0.1) is 0 Å². The Morgan fingerprint density at radius 2 is 2.33 bits per heavy atom. The number of nitriles is 1. The van der Waals surface area contributed by atoms with Gasteiger partial charge in [0.1, 0.15) is 0 Å². The van der Waals surface area contributed by atoms with Gasteiger partial charge in [-0.05, 0) is 30.0 Å². The van der Waals surface area contributed by atoms with Crippen LogP contribution in [-0.2, 0) is 4.79 Å². The summed E-state index contributed by atoms with van der Waals surface area (Å²) in [5.41, 5.74) is 1.51. The number of benzene rings is 1. The normalized spacial score (nSPS) is 11.7. The van der Waals surface area contributed by atoms with E-state index in [0.717, 1.165) is 12.0 Å². The molecule has 0 amide bonds. The second-order valence-electron chi connectivity index (χ2n) is 3.44. The fourth-order valence-corrected chi connectivity index (χ4v) is 1.57. The van der Waals surface area contributed by atoms with Gasteiger partial charge < -0.3 is 5.11 Å². The first-order chi connectivity index (χ1) is 7.17. The Bertz CT molecular complexity index is 393. The van der Waals surface area contributed by atoms with E-state index in [-0.39, 0.29) is 12.3 Å². The van der Waals surface area contributed by atoms with Crippen LogP contribution in [0, 0.1) is 11.3 Å². The summed E-state index contributed by atoms with van der Waals surface area (Å²) < 4.78 is 0. The van der Waals surface area contributed by atoms with Crippen molar-refractivity contribution in [3.8, 4) is 6.07 Å². The first-order valence-electron chi connectivity index (χ1n) is 4.89. The summed E-state index contributed by atoms with van der Waals surface area (Å²) in [6, 6.07) is 9.20. The average Bonchev–Trinajstić information content (AvgIpc) is 2.25. The Morgan fingerprint density at radius 1 is 1.60 bits per heavy atom. The van der Waals surface area contributed by atoms with E-state index in [4.69, 9.17) is 10.4 Å². The van der Waals surface area contributed by atoms with E-state index in [2.05, 4.69) is 6.07 Å². The molecule has 3 heteroatoms. The second-order valence-corrected chi connectivity index (χ2v) is 3.44. The fourth-order valence-electron chi connectivity index (χ4n) is 1.57. The minimum Gasteiger partial charge on any atom is -0.481 e. The fraction of sp³-hybridized carbons (Fsp3) is 0.333. The summed E-state index contributed by atoms with van der Waals surface area (Å²) >= 11 is 0. The van der Waals surface area contributed by atoms with E-state index in [1.807, 2.05) is 13.0 Å². The van der Waals surface area contributed by atoms with Gasteiger partial charge >= 0.3 is 5.97 Å². The highest BCUT2D eigenvalue weighted by Crippen LogP contribution is 2.23. The number of nitrogens with zero attached hydrogens (tertiary/aromatic N) is 1. The van der Waals surface area contributed by atoms with Gasteiger partial charge in [-0.1, -0.05) is 19.1 Å². The van der Waals surface area contributed by atoms with Crippen LogP contribution >= 0.6 is 0 Å². The molecule has 1 rings (SSSR count). The first kappa shape index (κ1) is 11.3. The van der Waals surface area contributed by atoms with E-state index in [9.17, 15) is 4.79 Å². The van der Waals surface area contributed by atoms with Crippen molar-refractivity contribution in [2.75, 3.05) is 0 Å². The predicted molar refractivity (Wildman–Crippen MR) is 56.4 cm³/mol. The molecular formula is C12H13NO2. The number of carboxylic acid groups (broad SMARTS) is 1. The Hall–Kier alpha value is -1.82. The van der Waals surface area contributed by atoms with Gasteiger partial charge in [0.15, 0.2) is 0 Å². The Balaban J connectivity index is 2.92. The zero-order valence-electron chi connectivity index (χ0n) is 8.60. The quantitative estimate of drug-likeness (QED) is 0.817. The van der Waals surface area contributed by atoms with Crippen molar-refractivity contribution in [1.82, 2.24) is 0 Å². The molecule has 1 unspecified atom stereocenters. The molecule has 0 aromatic heterocycles. The van der Waals surface area contributed by atoms with Gasteiger partial charge in [-0.3, -0.25) is 4.79 Å². The molecule has 0 bridgehead atoms. The maximum atomic E-state index is 10.6. The molecule has 1 aromatic carbocycles. The smallest absolute Gasteiger partial charge is 0.303 e. The first-order valence-corrected chi connectivity index (χ1v) is 4.89. The largest absolute Gasteiger partial charge is 0.481 e. The molecule has 0 saturated heterocycles. The Kier molecular flexibility index (Phi) is 3.87. The zero-order chi connectivity index (χ0) is 11.3. The van der Waals surface area contributed by atoms with Crippen LogP contribution in [0.1, 0.15) is 36.8 Å². The van der Waals surface area contributed by atoms with Crippen LogP contribution in [-0.4, -0.2) is 11.1 Å². The topological polar surface area (TPSA) is 61.1 Å². The molecule has 0 heterocycles. The number of hydrogen-bond donors (Lipinski definition) is 1. The molecular weight excluding hydrogens is 190 g/mol. The minimum absolute atomic E-state index is 0.00389. The van der Waals surface area contributed by atoms with Crippen molar-refractivity contribution in [2.24, 2.45) is 0 Å². The lowest BCUT2D eigenvalue weighted by molar-refractivity contribution is -0.137. The van der Waals surface area contributed by atoms with Crippen molar-refractivity contribution in [1.29, 1.82) is 5.26 Å². The summed E-state index contributed by atoms with van der Waals surface area (Å²) in [6.45, 7) is 1.95. The van der Waals surface area contributed by atoms with Gasteiger partial charge in [-0.25, -0.2) is 0 Å². The standard InChI is InChI=1S/C12H13NO2/c1-2-10(7-12(14)15)11-5-3-4-9(6-11)8-13/h3-6,10H,2,7H2,1H3,(H,14,15). The Morgan fingerprint density at radius 3 is 2.87 bits per heavy atom. The summed E-state index contributed by atoms with van der Waals surface area (Å²) in [5, 5.41) is 17.5. The van der Waals surface area contributed by atoms with Gasteiger partial charge in [0.2, 0.25) is 0 Å². The zero-order valence-corrected chi connectivity index (χ0v) is 8.60. The van der Waals surface area contributed by atoms with Crippen molar-refractivity contribution in [3.63, 3.8) is 0 Å². The maximum absolute atomic E-state index is 10.6. The van der Waals surface area contributed by atoms with Crippen LogP contribution in [0.25, 0.3) is 0 Å². The number of carbonyl (C=O) groups is 1. The van der Waals surface area contributed by atoms with Crippen LogP contribution < -0.4 is 0 Å². The number of rotatable bonds is 4. The molecule has 15 heavy (non-hydrogen) atoms. The van der Waals surface area contributed by atoms with E-state index in [1.54, 1.807) is 18.2 Å². The number of aliphatic carboxylic acids is 1. The van der Waals surface area contributed by atoms with Gasteiger partial charge in [0.05, 0.1) is 18.1 Å². The van der Waals surface area contributed by atoms with E-state index < -0.39 is 5.97 Å². The van der Waals surface area contributed by atoms with Crippen LogP contribution in [0.3, 0.4) is 0 Å². The summed E-state index contributed by atoms with van der Waals surface area (Å²) in [5.74, 6) is -0.806.